The molecule has 0 aromatic heterocycles. The molecule has 0 fully saturated rings. The van der Waals surface area contributed by atoms with E-state index in [1.807, 2.05) is 39.0 Å². The lowest BCUT2D eigenvalue weighted by Gasteiger charge is -2.18. The minimum Gasteiger partial charge on any atom is -0.356 e. The number of hydrogen-bond acceptors (Lipinski definition) is 3. The summed E-state index contributed by atoms with van der Waals surface area (Å²) < 4.78 is 11.8. The molecule has 1 atom stereocenters. The van der Waals surface area contributed by atoms with E-state index in [9.17, 15) is 9.00 Å². The minimum absolute atomic E-state index is 0. The molecule has 0 saturated carbocycles. The molecule has 26 heavy (non-hydrogen) atoms. The first-order chi connectivity index (χ1) is 11.8. The fourth-order valence-electron chi connectivity index (χ4n) is 2.13. The number of benzene rings is 1. The van der Waals surface area contributed by atoms with Crippen molar-refractivity contribution < 1.29 is 9.00 Å². The van der Waals surface area contributed by atoms with Gasteiger partial charge in [-0.15, -0.1) is 24.0 Å². The van der Waals surface area contributed by atoms with Crippen molar-refractivity contribution in [3.63, 3.8) is 0 Å². The number of carbonyl (C=O) groups excluding carboxylic acids is 1. The highest BCUT2D eigenvalue weighted by atomic mass is 127. The third-order valence-electron chi connectivity index (χ3n) is 3.61. The molecule has 1 unspecified atom stereocenters. The maximum atomic E-state index is 12.0. The summed E-state index contributed by atoms with van der Waals surface area (Å²) in [4.78, 5) is 15.8. The topological polar surface area (TPSA) is 82.6 Å². The normalized spacial score (nSPS) is 12.7. The van der Waals surface area contributed by atoms with E-state index in [1.165, 1.54) is 0 Å². The molecule has 1 aromatic carbocycles. The van der Waals surface area contributed by atoms with Gasteiger partial charge in [-0.25, -0.2) is 0 Å². The number of rotatable bonds is 7. The zero-order valence-electron chi connectivity index (χ0n) is 16.2. The second kappa shape index (κ2) is 12.3. The van der Waals surface area contributed by atoms with Crippen LogP contribution >= 0.6 is 24.0 Å². The summed E-state index contributed by atoms with van der Waals surface area (Å²) in [6.45, 7) is 7.23. The predicted octanol–water partition coefficient (Wildman–Crippen LogP) is 1.92. The first kappa shape index (κ1) is 24.8. The maximum absolute atomic E-state index is 12.0. The van der Waals surface area contributed by atoms with Crippen LogP contribution in [0.3, 0.4) is 0 Å². The van der Waals surface area contributed by atoms with Gasteiger partial charge < -0.3 is 16.0 Å². The van der Waals surface area contributed by atoms with Gasteiger partial charge in [0.15, 0.2) is 5.96 Å². The summed E-state index contributed by atoms with van der Waals surface area (Å²) in [5.41, 5.74) is 1.74. The van der Waals surface area contributed by atoms with Crippen molar-refractivity contribution in [1.29, 1.82) is 0 Å². The van der Waals surface area contributed by atoms with Crippen LogP contribution in [0.4, 0.5) is 0 Å². The first-order valence-electron chi connectivity index (χ1n) is 8.42. The zero-order chi connectivity index (χ0) is 18.9. The van der Waals surface area contributed by atoms with Crippen LogP contribution in [-0.4, -0.2) is 53.8 Å². The van der Waals surface area contributed by atoms with Gasteiger partial charge in [0.25, 0.3) is 5.91 Å². The zero-order valence-corrected chi connectivity index (χ0v) is 19.4. The summed E-state index contributed by atoms with van der Waals surface area (Å²) in [6, 6.07) is 7.57. The molecule has 6 nitrogen and oxygen atoms in total. The van der Waals surface area contributed by atoms with Crippen LogP contribution in [-0.2, 0) is 17.2 Å². The Labute approximate surface area is 176 Å². The number of aliphatic imine (C=N–C) groups is 1. The summed E-state index contributed by atoms with van der Waals surface area (Å²) in [5, 5.41) is 9.04. The molecular weight excluding hydrogens is 463 g/mol. The van der Waals surface area contributed by atoms with E-state index in [2.05, 4.69) is 20.9 Å². The van der Waals surface area contributed by atoms with E-state index in [-0.39, 0.29) is 34.6 Å². The van der Waals surface area contributed by atoms with Gasteiger partial charge in [0, 0.05) is 54.0 Å². The van der Waals surface area contributed by atoms with Gasteiger partial charge in [0.2, 0.25) is 0 Å². The molecule has 148 valence electrons. The van der Waals surface area contributed by atoms with E-state index >= 15 is 0 Å². The lowest BCUT2D eigenvalue weighted by Crippen LogP contribution is -2.41. The third kappa shape index (κ3) is 8.98. The fraction of sp³-hybridized carbons (Fsp3) is 0.556. The summed E-state index contributed by atoms with van der Waals surface area (Å²) >= 11 is 0. The molecule has 1 rings (SSSR count). The van der Waals surface area contributed by atoms with Gasteiger partial charge in [0.1, 0.15) is 0 Å². The van der Waals surface area contributed by atoms with Gasteiger partial charge >= 0.3 is 0 Å². The highest BCUT2D eigenvalue weighted by Crippen LogP contribution is 2.10. The van der Waals surface area contributed by atoms with Crippen LogP contribution in [0.15, 0.2) is 29.3 Å². The average molecular weight is 494 g/mol. The largest absolute Gasteiger partial charge is 0.356 e. The summed E-state index contributed by atoms with van der Waals surface area (Å²) in [5.74, 6) is 1.19. The lowest BCUT2D eigenvalue weighted by molar-refractivity contribution is 0.0963. The Bertz CT molecular complexity index is 630. The van der Waals surface area contributed by atoms with E-state index < -0.39 is 10.8 Å². The Kier molecular flexibility index (Phi) is 11.7. The quantitative estimate of drug-likeness (QED) is 0.308. The molecule has 0 aliphatic heterocycles. The monoisotopic (exact) mass is 494 g/mol. The van der Waals surface area contributed by atoms with E-state index in [1.54, 1.807) is 20.2 Å². The Balaban J connectivity index is 0.00000625. The van der Waals surface area contributed by atoms with Crippen LogP contribution in [0, 0.1) is 0 Å². The number of guanidine groups is 1. The van der Waals surface area contributed by atoms with Crippen molar-refractivity contribution in [3.05, 3.63) is 35.4 Å². The van der Waals surface area contributed by atoms with Gasteiger partial charge in [-0.3, -0.25) is 14.0 Å². The Morgan fingerprint density at radius 1 is 1.19 bits per heavy atom. The number of hydrogen-bond donors (Lipinski definition) is 3. The summed E-state index contributed by atoms with van der Waals surface area (Å²) in [6.07, 6.45) is 0.777. The molecule has 1 aromatic rings. The maximum Gasteiger partial charge on any atom is 0.251 e. The molecule has 3 N–H and O–H groups in total. The van der Waals surface area contributed by atoms with Crippen LogP contribution in [0.2, 0.25) is 0 Å². The van der Waals surface area contributed by atoms with Crippen LogP contribution < -0.4 is 16.0 Å². The van der Waals surface area contributed by atoms with E-state index in [4.69, 9.17) is 0 Å². The highest BCUT2D eigenvalue weighted by Gasteiger charge is 2.18. The highest BCUT2D eigenvalue weighted by molar-refractivity contribution is 14.0. The third-order valence-corrected chi connectivity index (χ3v) is 5.55. The Morgan fingerprint density at radius 3 is 2.42 bits per heavy atom. The lowest BCUT2D eigenvalue weighted by atomic mass is 10.1. The molecule has 0 aliphatic carbocycles. The van der Waals surface area contributed by atoms with Crippen molar-refractivity contribution in [3.8, 4) is 0 Å². The number of amides is 1. The molecule has 0 radical (unpaired) electrons. The van der Waals surface area contributed by atoms with Crippen molar-refractivity contribution in [2.24, 2.45) is 4.99 Å². The number of nitrogens with zero attached hydrogens (tertiary/aromatic N) is 1. The number of carbonyl (C=O) groups is 1. The van der Waals surface area contributed by atoms with Crippen molar-refractivity contribution >= 4 is 46.6 Å². The fourth-order valence-corrected chi connectivity index (χ4v) is 3.03. The Morgan fingerprint density at radius 2 is 1.85 bits per heavy atom. The van der Waals surface area contributed by atoms with Crippen molar-refractivity contribution in [1.82, 2.24) is 16.0 Å². The molecule has 0 aliphatic rings. The summed E-state index contributed by atoms with van der Waals surface area (Å²) in [7, 11) is 2.45. The van der Waals surface area contributed by atoms with Crippen LogP contribution in [0.1, 0.15) is 36.7 Å². The second-order valence-corrected chi connectivity index (χ2v) is 8.94. The minimum atomic E-state index is -0.882. The SMILES string of the molecule is CN=C(NCCc1cccc(C(=O)NC)c1)NCCS(=O)C(C)(C)C.I. The molecule has 1 amide bonds. The van der Waals surface area contributed by atoms with Gasteiger partial charge in [-0.05, 0) is 44.9 Å². The Hall–Kier alpha value is -1.16. The van der Waals surface area contributed by atoms with Crippen molar-refractivity contribution in [2.45, 2.75) is 31.9 Å². The molecule has 8 heteroatoms. The van der Waals surface area contributed by atoms with Gasteiger partial charge in [0.05, 0.1) is 0 Å². The standard InChI is InChI=1S/C18H30N4O2S.HI/c1-18(2,3)25(24)12-11-22-17(20-5)21-10-9-14-7-6-8-15(13-14)16(23)19-4;/h6-8,13H,9-12H2,1-5H3,(H,19,23)(H2,20,21,22);1H. The number of nitrogens with one attached hydrogen (secondary N) is 3. The molecular formula is C18H31IN4O2S. The smallest absolute Gasteiger partial charge is 0.251 e. The van der Waals surface area contributed by atoms with Crippen LogP contribution in [0.25, 0.3) is 0 Å². The average Bonchev–Trinajstić information content (AvgIpc) is 2.58. The van der Waals surface area contributed by atoms with Crippen molar-refractivity contribution in [2.75, 3.05) is 32.9 Å². The molecule has 0 heterocycles. The number of halogens is 1. The predicted molar refractivity (Wildman–Crippen MR) is 121 cm³/mol. The molecule has 0 spiro atoms. The second-order valence-electron chi connectivity index (χ2n) is 6.62. The van der Waals surface area contributed by atoms with Gasteiger partial charge in [-0.1, -0.05) is 12.1 Å². The van der Waals surface area contributed by atoms with Crippen LogP contribution in [0.5, 0.6) is 0 Å². The van der Waals surface area contributed by atoms with Gasteiger partial charge in [-0.2, -0.15) is 0 Å². The molecule has 0 bridgehead atoms. The van der Waals surface area contributed by atoms with E-state index in [0.717, 1.165) is 12.0 Å². The molecule has 0 saturated heterocycles. The first-order valence-corrected chi connectivity index (χ1v) is 9.74. The van der Waals surface area contributed by atoms with E-state index in [0.29, 0.717) is 30.4 Å².